The zero-order valence-corrected chi connectivity index (χ0v) is 9.67. The third kappa shape index (κ3) is 1.87. The molecule has 1 aromatic rings. The first-order valence-corrected chi connectivity index (χ1v) is 5.38. The van der Waals surface area contributed by atoms with Gasteiger partial charge in [-0.3, -0.25) is 4.79 Å². The number of carbonyl (C=O) groups is 1. The molecule has 98 valence electrons. The van der Waals surface area contributed by atoms with Gasteiger partial charge in [-0.25, -0.2) is 8.78 Å². The molecule has 18 heavy (non-hydrogen) atoms. The number of carboxylic acid groups (broad SMARTS) is 1. The number of halogens is 2. The fraction of sp³-hybridized carbons (Fsp3) is 0.417. The second-order valence-electron chi connectivity index (χ2n) is 4.45. The lowest BCUT2D eigenvalue weighted by Crippen LogP contribution is -2.16. The number of hydrogen-bond donors (Lipinski definition) is 2. The highest BCUT2D eigenvalue weighted by molar-refractivity contribution is 5.71. The third-order valence-corrected chi connectivity index (χ3v) is 3.25. The van der Waals surface area contributed by atoms with Crippen molar-refractivity contribution in [3.05, 3.63) is 23.3 Å². The number of phenols is 1. The molecule has 0 aliphatic heterocycles. The van der Waals surface area contributed by atoms with Gasteiger partial charge in [-0.2, -0.15) is 0 Å². The molecule has 0 spiro atoms. The maximum atomic E-state index is 13.8. The number of benzene rings is 1. The van der Waals surface area contributed by atoms with E-state index in [1.807, 2.05) is 0 Å². The van der Waals surface area contributed by atoms with Gasteiger partial charge in [0.05, 0.1) is 13.5 Å². The first-order valence-electron chi connectivity index (χ1n) is 5.38. The van der Waals surface area contributed by atoms with Gasteiger partial charge >= 0.3 is 5.97 Å². The Morgan fingerprint density at radius 1 is 1.50 bits per heavy atom. The molecular weight excluding hydrogens is 246 g/mol. The highest BCUT2D eigenvalue weighted by atomic mass is 19.2. The Bertz CT molecular complexity index is 509. The third-order valence-electron chi connectivity index (χ3n) is 3.25. The van der Waals surface area contributed by atoms with Gasteiger partial charge in [-0.05, 0) is 12.8 Å². The molecule has 6 heteroatoms. The largest absolute Gasteiger partial charge is 0.504 e. The van der Waals surface area contributed by atoms with E-state index in [1.54, 1.807) is 0 Å². The van der Waals surface area contributed by atoms with Crippen LogP contribution in [0.5, 0.6) is 11.5 Å². The fourth-order valence-corrected chi connectivity index (χ4v) is 2.19. The minimum Gasteiger partial charge on any atom is -0.504 e. The monoisotopic (exact) mass is 258 g/mol. The van der Waals surface area contributed by atoms with E-state index in [0.29, 0.717) is 12.8 Å². The van der Waals surface area contributed by atoms with E-state index >= 15 is 0 Å². The highest BCUT2D eigenvalue weighted by Crippen LogP contribution is 2.56. The molecular formula is C12H12F2O4. The zero-order chi connectivity index (χ0) is 13.5. The second-order valence-corrected chi connectivity index (χ2v) is 4.45. The van der Waals surface area contributed by atoms with Crippen molar-refractivity contribution < 1.29 is 28.5 Å². The molecule has 0 aromatic heterocycles. The van der Waals surface area contributed by atoms with E-state index in [4.69, 9.17) is 9.84 Å². The van der Waals surface area contributed by atoms with Gasteiger partial charge in [-0.15, -0.1) is 0 Å². The van der Waals surface area contributed by atoms with E-state index in [-0.39, 0.29) is 17.7 Å². The van der Waals surface area contributed by atoms with Gasteiger partial charge in [-0.1, -0.05) is 0 Å². The molecule has 1 aliphatic carbocycles. The summed E-state index contributed by atoms with van der Waals surface area (Å²) in [4.78, 5) is 10.8. The molecule has 4 nitrogen and oxygen atoms in total. The predicted octanol–water partition coefficient (Wildman–Crippen LogP) is 2.19. The molecule has 2 N–H and O–H groups in total. The normalized spacial score (nSPS) is 16.4. The van der Waals surface area contributed by atoms with E-state index in [0.717, 1.165) is 6.07 Å². The van der Waals surface area contributed by atoms with Gasteiger partial charge in [0.15, 0.2) is 23.1 Å². The fourth-order valence-electron chi connectivity index (χ4n) is 2.19. The maximum absolute atomic E-state index is 13.8. The van der Waals surface area contributed by atoms with Crippen molar-refractivity contribution in [2.75, 3.05) is 7.11 Å². The summed E-state index contributed by atoms with van der Waals surface area (Å²) in [5.74, 6) is -4.19. The van der Waals surface area contributed by atoms with E-state index in [2.05, 4.69) is 0 Å². The summed E-state index contributed by atoms with van der Waals surface area (Å²) in [5, 5.41) is 18.7. The molecule has 0 radical (unpaired) electrons. The number of hydrogen-bond acceptors (Lipinski definition) is 3. The van der Waals surface area contributed by atoms with Gasteiger partial charge in [0, 0.05) is 17.0 Å². The molecule has 0 saturated heterocycles. The van der Waals surface area contributed by atoms with E-state index in [9.17, 15) is 18.7 Å². The number of carboxylic acids is 1. The van der Waals surface area contributed by atoms with E-state index < -0.39 is 28.8 Å². The second kappa shape index (κ2) is 4.12. The van der Waals surface area contributed by atoms with E-state index in [1.165, 1.54) is 7.11 Å². The van der Waals surface area contributed by atoms with Crippen molar-refractivity contribution in [3.63, 3.8) is 0 Å². The summed E-state index contributed by atoms with van der Waals surface area (Å²) in [6, 6.07) is 0.741. The van der Waals surface area contributed by atoms with Crippen molar-refractivity contribution >= 4 is 5.97 Å². The van der Waals surface area contributed by atoms with Crippen LogP contribution >= 0.6 is 0 Å². The Hall–Kier alpha value is -1.85. The van der Waals surface area contributed by atoms with Crippen molar-refractivity contribution in [3.8, 4) is 11.5 Å². The number of methoxy groups -OCH3 is 1. The van der Waals surface area contributed by atoms with Crippen LogP contribution in [0.25, 0.3) is 0 Å². The molecule has 0 atom stereocenters. The summed E-state index contributed by atoms with van der Waals surface area (Å²) in [6.45, 7) is 0. The van der Waals surface area contributed by atoms with Crippen LogP contribution in [-0.2, 0) is 10.2 Å². The Kier molecular flexibility index (Phi) is 2.88. The quantitative estimate of drug-likeness (QED) is 0.868. The summed E-state index contributed by atoms with van der Waals surface area (Å²) >= 11 is 0. The number of aromatic hydroxyl groups is 1. The summed E-state index contributed by atoms with van der Waals surface area (Å²) in [6.07, 6.45) is 0.455. The summed E-state index contributed by atoms with van der Waals surface area (Å²) < 4.78 is 31.9. The molecule has 1 aliphatic rings. The summed E-state index contributed by atoms with van der Waals surface area (Å²) in [7, 11) is 1.22. The molecule has 1 aromatic carbocycles. The number of rotatable bonds is 4. The molecule has 1 saturated carbocycles. The van der Waals surface area contributed by atoms with Crippen molar-refractivity contribution in [1.82, 2.24) is 0 Å². The predicted molar refractivity (Wildman–Crippen MR) is 57.7 cm³/mol. The van der Waals surface area contributed by atoms with Crippen LogP contribution < -0.4 is 4.74 Å². The van der Waals surface area contributed by atoms with Crippen LogP contribution in [-0.4, -0.2) is 23.3 Å². The SMILES string of the molecule is COc1cc(F)c(F)c(C2(CC(=O)O)CC2)c1O. The highest BCUT2D eigenvalue weighted by Gasteiger charge is 2.50. The van der Waals surface area contributed by atoms with Crippen LogP contribution in [0.3, 0.4) is 0 Å². The molecule has 0 amide bonds. The number of phenolic OH excluding ortho intramolecular Hbond substituents is 1. The first kappa shape index (κ1) is 12.6. The number of ether oxygens (including phenoxy) is 1. The Morgan fingerprint density at radius 2 is 2.11 bits per heavy atom. The van der Waals surface area contributed by atoms with Crippen LogP contribution in [0.1, 0.15) is 24.8 Å². The van der Waals surface area contributed by atoms with Crippen LogP contribution in [0.4, 0.5) is 8.78 Å². The first-order chi connectivity index (χ1) is 8.41. The van der Waals surface area contributed by atoms with Crippen molar-refractivity contribution in [2.45, 2.75) is 24.7 Å². The minimum atomic E-state index is -1.20. The van der Waals surface area contributed by atoms with Crippen molar-refractivity contribution in [2.24, 2.45) is 0 Å². The average Bonchev–Trinajstić information content (AvgIpc) is 3.03. The lowest BCUT2D eigenvalue weighted by atomic mass is 9.90. The summed E-state index contributed by atoms with van der Waals surface area (Å²) in [5.41, 5.74) is -1.31. The lowest BCUT2D eigenvalue weighted by molar-refractivity contribution is -0.137. The van der Waals surface area contributed by atoms with Gasteiger partial charge < -0.3 is 14.9 Å². The van der Waals surface area contributed by atoms with Crippen LogP contribution in [0.2, 0.25) is 0 Å². The van der Waals surface area contributed by atoms with Gasteiger partial charge in [0.1, 0.15) is 0 Å². The Balaban J connectivity index is 2.56. The van der Waals surface area contributed by atoms with Gasteiger partial charge in [0.25, 0.3) is 0 Å². The van der Waals surface area contributed by atoms with Crippen LogP contribution in [0.15, 0.2) is 6.07 Å². The molecule has 1 fully saturated rings. The Morgan fingerprint density at radius 3 is 2.56 bits per heavy atom. The maximum Gasteiger partial charge on any atom is 0.304 e. The zero-order valence-electron chi connectivity index (χ0n) is 9.67. The molecule has 0 unspecified atom stereocenters. The molecule has 0 bridgehead atoms. The van der Waals surface area contributed by atoms with Crippen molar-refractivity contribution in [1.29, 1.82) is 0 Å². The smallest absolute Gasteiger partial charge is 0.304 e. The van der Waals surface area contributed by atoms with Crippen LogP contribution in [0, 0.1) is 11.6 Å². The molecule has 0 heterocycles. The molecule has 2 rings (SSSR count). The lowest BCUT2D eigenvalue weighted by Gasteiger charge is -2.18. The van der Waals surface area contributed by atoms with Gasteiger partial charge in [0.2, 0.25) is 0 Å². The average molecular weight is 258 g/mol. The Labute approximate surface area is 102 Å². The topological polar surface area (TPSA) is 66.8 Å². The number of aliphatic carboxylic acids is 1. The minimum absolute atomic E-state index is 0.194. The standard InChI is InChI=1S/C12H12F2O4/c1-18-7-4-6(13)10(14)9(11(7)17)12(2-3-12)5-8(15)16/h4,17H,2-3,5H2,1H3,(H,15,16).